The normalized spacial score (nSPS) is 19.2. The van der Waals surface area contributed by atoms with E-state index in [2.05, 4.69) is 24.4 Å². The van der Waals surface area contributed by atoms with Crippen molar-refractivity contribution in [2.45, 2.75) is 51.7 Å². The minimum absolute atomic E-state index is 0.440. The van der Waals surface area contributed by atoms with Gasteiger partial charge in [-0.15, -0.1) is 0 Å². The van der Waals surface area contributed by atoms with Crippen LogP contribution in [0.25, 0.3) is 0 Å². The number of hydrogen-bond donors (Lipinski definition) is 2. The Hall–Kier alpha value is -1.55. The van der Waals surface area contributed by atoms with Crippen molar-refractivity contribution in [3.05, 3.63) is 29.3 Å². The standard InChI is InChI=1S/C16H24N2O2/c1-3-9-18-15-6-4-5-12-10-13(7-8-14(12)15)20-11(2)16(17)19/h7-8,10-11,15,18H,3-6,9H2,1-2H3,(H2,17,19). The number of ether oxygens (including phenoxy) is 1. The molecule has 0 saturated heterocycles. The lowest BCUT2D eigenvalue weighted by Crippen LogP contribution is -2.31. The summed E-state index contributed by atoms with van der Waals surface area (Å²) in [5.74, 6) is 0.288. The van der Waals surface area contributed by atoms with Crippen molar-refractivity contribution in [3.8, 4) is 5.75 Å². The van der Waals surface area contributed by atoms with Gasteiger partial charge in [-0.25, -0.2) is 0 Å². The van der Waals surface area contributed by atoms with Gasteiger partial charge < -0.3 is 15.8 Å². The first-order valence-corrected chi connectivity index (χ1v) is 7.44. The van der Waals surface area contributed by atoms with E-state index in [4.69, 9.17) is 10.5 Å². The third-order valence-electron chi connectivity index (χ3n) is 3.78. The number of nitrogens with two attached hydrogens (primary N) is 1. The third-order valence-corrected chi connectivity index (χ3v) is 3.78. The fourth-order valence-corrected chi connectivity index (χ4v) is 2.66. The smallest absolute Gasteiger partial charge is 0.258 e. The highest BCUT2D eigenvalue weighted by molar-refractivity contribution is 5.78. The maximum absolute atomic E-state index is 11.0. The van der Waals surface area contributed by atoms with Crippen LogP contribution in [0.15, 0.2) is 18.2 Å². The summed E-state index contributed by atoms with van der Waals surface area (Å²) in [5, 5.41) is 3.59. The largest absolute Gasteiger partial charge is 0.481 e. The molecule has 0 aromatic heterocycles. The first-order valence-electron chi connectivity index (χ1n) is 7.44. The molecule has 3 N–H and O–H groups in total. The van der Waals surface area contributed by atoms with E-state index in [0.717, 1.165) is 25.1 Å². The molecule has 0 bridgehead atoms. The number of amides is 1. The van der Waals surface area contributed by atoms with Crippen molar-refractivity contribution in [3.63, 3.8) is 0 Å². The van der Waals surface area contributed by atoms with Gasteiger partial charge in [-0.2, -0.15) is 0 Å². The maximum Gasteiger partial charge on any atom is 0.258 e. The van der Waals surface area contributed by atoms with Crippen molar-refractivity contribution in [2.75, 3.05) is 6.54 Å². The molecule has 0 fully saturated rings. The average Bonchev–Trinajstić information content (AvgIpc) is 2.44. The summed E-state index contributed by atoms with van der Waals surface area (Å²) in [5.41, 5.74) is 7.91. The molecule has 1 aliphatic carbocycles. The molecule has 4 heteroatoms. The maximum atomic E-state index is 11.0. The molecule has 2 atom stereocenters. The second-order valence-corrected chi connectivity index (χ2v) is 5.42. The molecule has 0 aliphatic heterocycles. The van der Waals surface area contributed by atoms with Gasteiger partial charge in [0.05, 0.1) is 0 Å². The Balaban J connectivity index is 2.12. The number of benzene rings is 1. The van der Waals surface area contributed by atoms with Crippen molar-refractivity contribution >= 4 is 5.91 Å². The van der Waals surface area contributed by atoms with Crippen molar-refractivity contribution in [1.82, 2.24) is 5.32 Å². The first kappa shape index (κ1) is 14.9. The Labute approximate surface area is 120 Å². The number of carbonyl (C=O) groups is 1. The van der Waals surface area contributed by atoms with E-state index in [1.165, 1.54) is 24.0 Å². The highest BCUT2D eigenvalue weighted by Crippen LogP contribution is 2.32. The van der Waals surface area contributed by atoms with E-state index < -0.39 is 12.0 Å². The molecule has 0 spiro atoms. The SMILES string of the molecule is CCCNC1CCCc2cc(OC(C)C(N)=O)ccc21. The van der Waals surface area contributed by atoms with Gasteiger partial charge in [-0.3, -0.25) is 4.79 Å². The fourth-order valence-electron chi connectivity index (χ4n) is 2.66. The molecule has 1 aliphatic rings. The lowest BCUT2D eigenvalue weighted by atomic mass is 9.87. The molecule has 0 heterocycles. The number of fused-ring (bicyclic) bond motifs is 1. The van der Waals surface area contributed by atoms with Crippen molar-refractivity contribution in [2.24, 2.45) is 5.73 Å². The second kappa shape index (κ2) is 6.75. The molecule has 20 heavy (non-hydrogen) atoms. The highest BCUT2D eigenvalue weighted by Gasteiger charge is 2.20. The molecular formula is C16H24N2O2. The molecule has 110 valence electrons. The van der Waals surface area contributed by atoms with Gasteiger partial charge in [0.2, 0.25) is 0 Å². The van der Waals surface area contributed by atoms with Gasteiger partial charge in [0.1, 0.15) is 5.75 Å². The van der Waals surface area contributed by atoms with Gasteiger partial charge in [0.15, 0.2) is 6.10 Å². The van der Waals surface area contributed by atoms with Crippen LogP contribution in [-0.2, 0) is 11.2 Å². The molecule has 1 aromatic carbocycles. The summed E-state index contributed by atoms with van der Waals surface area (Å²) in [6.07, 6.45) is 3.99. The number of carbonyl (C=O) groups excluding carboxylic acids is 1. The van der Waals surface area contributed by atoms with E-state index in [1.54, 1.807) is 6.92 Å². The molecule has 1 aromatic rings. The zero-order valence-electron chi connectivity index (χ0n) is 12.3. The van der Waals surface area contributed by atoms with Crippen LogP contribution in [0.2, 0.25) is 0 Å². The molecule has 0 radical (unpaired) electrons. The molecule has 2 unspecified atom stereocenters. The molecule has 1 amide bonds. The zero-order chi connectivity index (χ0) is 14.5. The minimum atomic E-state index is -0.592. The van der Waals surface area contributed by atoms with E-state index in [9.17, 15) is 4.79 Å². The second-order valence-electron chi connectivity index (χ2n) is 5.42. The van der Waals surface area contributed by atoms with Crippen LogP contribution >= 0.6 is 0 Å². The highest BCUT2D eigenvalue weighted by atomic mass is 16.5. The average molecular weight is 276 g/mol. The van der Waals surface area contributed by atoms with Gasteiger partial charge >= 0.3 is 0 Å². The number of hydrogen-bond acceptors (Lipinski definition) is 3. The van der Waals surface area contributed by atoms with Crippen LogP contribution in [0, 0.1) is 0 Å². The summed E-state index contributed by atoms with van der Waals surface area (Å²) in [6, 6.07) is 6.55. The topological polar surface area (TPSA) is 64.3 Å². The van der Waals surface area contributed by atoms with Crippen molar-refractivity contribution in [1.29, 1.82) is 0 Å². The molecule has 2 rings (SSSR count). The summed E-state index contributed by atoms with van der Waals surface area (Å²) in [7, 11) is 0. The Morgan fingerprint density at radius 1 is 1.55 bits per heavy atom. The van der Waals surface area contributed by atoms with Crippen LogP contribution in [0.5, 0.6) is 5.75 Å². The monoisotopic (exact) mass is 276 g/mol. The zero-order valence-corrected chi connectivity index (χ0v) is 12.3. The number of aryl methyl sites for hydroxylation is 1. The van der Waals surface area contributed by atoms with Crippen molar-refractivity contribution < 1.29 is 9.53 Å². The van der Waals surface area contributed by atoms with E-state index >= 15 is 0 Å². The summed E-state index contributed by atoms with van der Waals surface area (Å²) in [6.45, 7) is 4.90. The molecular weight excluding hydrogens is 252 g/mol. The number of nitrogens with one attached hydrogen (secondary N) is 1. The Kier molecular flexibility index (Phi) is 5.01. The lowest BCUT2D eigenvalue weighted by molar-refractivity contribution is -0.123. The predicted octanol–water partition coefficient (Wildman–Crippen LogP) is 2.32. The summed E-state index contributed by atoms with van der Waals surface area (Å²) < 4.78 is 5.56. The van der Waals surface area contributed by atoms with Crippen LogP contribution in [0.4, 0.5) is 0 Å². The first-order chi connectivity index (χ1) is 9.61. The minimum Gasteiger partial charge on any atom is -0.481 e. The van der Waals surface area contributed by atoms with E-state index in [-0.39, 0.29) is 0 Å². The predicted molar refractivity (Wildman–Crippen MR) is 79.7 cm³/mol. The summed E-state index contributed by atoms with van der Waals surface area (Å²) >= 11 is 0. The van der Waals surface area contributed by atoms with Gasteiger partial charge in [0, 0.05) is 6.04 Å². The number of primary amides is 1. The van der Waals surface area contributed by atoms with Crippen LogP contribution < -0.4 is 15.8 Å². The molecule has 0 saturated carbocycles. The van der Waals surface area contributed by atoms with E-state index in [1.807, 2.05) is 6.07 Å². The Bertz CT molecular complexity index is 474. The lowest BCUT2D eigenvalue weighted by Gasteiger charge is -2.27. The van der Waals surface area contributed by atoms with Crippen LogP contribution in [0.3, 0.4) is 0 Å². The Morgan fingerprint density at radius 3 is 3.05 bits per heavy atom. The Morgan fingerprint density at radius 2 is 2.35 bits per heavy atom. The summed E-state index contributed by atoms with van der Waals surface area (Å²) in [4.78, 5) is 11.0. The fraction of sp³-hybridized carbons (Fsp3) is 0.562. The number of rotatable bonds is 6. The van der Waals surface area contributed by atoms with Gasteiger partial charge in [-0.05, 0) is 62.4 Å². The van der Waals surface area contributed by atoms with Crippen LogP contribution in [0.1, 0.15) is 50.3 Å². The molecule has 4 nitrogen and oxygen atoms in total. The quantitative estimate of drug-likeness (QED) is 0.838. The van der Waals surface area contributed by atoms with Gasteiger partial charge in [0.25, 0.3) is 5.91 Å². The van der Waals surface area contributed by atoms with E-state index in [0.29, 0.717) is 6.04 Å². The third kappa shape index (κ3) is 3.51. The van der Waals surface area contributed by atoms with Gasteiger partial charge in [-0.1, -0.05) is 13.0 Å². The van der Waals surface area contributed by atoms with Crippen LogP contribution in [-0.4, -0.2) is 18.6 Å².